The van der Waals surface area contributed by atoms with Crippen molar-refractivity contribution in [2.45, 2.75) is 72.1 Å². The number of esters is 1. The molecule has 0 aromatic carbocycles. The number of unbranched alkanes of at least 4 members (excludes halogenated alkanes) is 1. The molecule has 2 heterocycles. The van der Waals surface area contributed by atoms with Gasteiger partial charge in [0.15, 0.2) is 5.66 Å². The minimum atomic E-state index is -3.85. The first kappa shape index (κ1) is 27.0. The minimum Gasteiger partial charge on any atom is -0.492 e. The predicted octanol–water partition coefficient (Wildman–Crippen LogP) is 4.83. The second-order valence-electron chi connectivity index (χ2n) is 8.22. The third-order valence-corrected chi connectivity index (χ3v) is 6.64. The van der Waals surface area contributed by atoms with Crippen LogP contribution in [0.15, 0.2) is 22.9 Å². The van der Waals surface area contributed by atoms with Gasteiger partial charge in [0.1, 0.15) is 17.0 Å². The van der Waals surface area contributed by atoms with E-state index in [2.05, 4.69) is 22.0 Å². The Balaban J connectivity index is 2.23. The summed E-state index contributed by atoms with van der Waals surface area (Å²) in [7, 11) is -3.85. The van der Waals surface area contributed by atoms with Crippen molar-refractivity contribution in [1.82, 2.24) is 15.1 Å². The van der Waals surface area contributed by atoms with E-state index in [-0.39, 0.29) is 31.3 Å². The fourth-order valence-corrected chi connectivity index (χ4v) is 4.66. The van der Waals surface area contributed by atoms with Gasteiger partial charge in [-0.2, -0.15) is 4.98 Å². The van der Waals surface area contributed by atoms with Gasteiger partial charge in [-0.3, -0.25) is 9.36 Å². The molecule has 184 valence electrons. The molecule has 11 heteroatoms. The number of aromatic nitrogens is 3. The van der Waals surface area contributed by atoms with E-state index in [1.54, 1.807) is 52.9 Å². The number of nitrogens with zero attached hydrogens (tertiary/aromatic N) is 3. The number of ether oxygens (including phenoxy) is 2. The molecule has 0 aliphatic carbocycles. The van der Waals surface area contributed by atoms with Gasteiger partial charge in [-0.05, 0) is 53.2 Å². The van der Waals surface area contributed by atoms with Crippen LogP contribution in [-0.2, 0) is 29.6 Å². The fraction of sp³-hybridized carbons (Fsp3) is 0.636. The monoisotopic (exact) mass is 483 g/mol. The van der Waals surface area contributed by atoms with Gasteiger partial charge in [0.25, 0.3) is 0 Å². The summed E-state index contributed by atoms with van der Waals surface area (Å²) in [4.78, 5) is 21.5. The molecule has 1 unspecified atom stereocenters. The lowest BCUT2D eigenvalue weighted by Crippen LogP contribution is -2.34. The summed E-state index contributed by atoms with van der Waals surface area (Å²) in [6, 6.07) is 3.49. The first-order chi connectivity index (χ1) is 15.6. The topological polar surface area (TPSA) is 123 Å². The summed E-state index contributed by atoms with van der Waals surface area (Å²) in [5.41, 5.74) is -1.57. The zero-order valence-electron chi connectivity index (χ0n) is 20.2. The van der Waals surface area contributed by atoms with Crippen LogP contribution < -0.4 is 4.74 Å². The largest absolute Gasteiger partial charge is 0.492 e. The molecule has 1 atom stereocenters. The summed E-state index contributed by atoms with van der Waals surface area (Å²) >= 11 is 0. The molecule has 33 heavy (non-hydrogen) atoms. The van der Waals surface area contributed by atoms with Crippen LogP contribution in [0.25, 0.3) is 11.5 Å². The van der Waals surface area contributed by atoms with Crippen molar-refractivity contribution in [3.8, 4) is 17.3 Å². The molecule has 0 N–H and O–H groups in total. The van der Waals surface area contributed by atoms with Crippen molar-refractivity contribution in [1.29, 1.82) is 0 Å². The first-order valence-corrected chi connectivity index (χ1v) is 12.8. The highest BCUT2D eigenvalue weighted by molar-refractivity contribution is 7.55. The maximum Gasteiger partial charge on any atom is 0.345 e. The van der Waals surface area contributed by atoms with E-state index in [0.29, 0.717) is 18.1 Å². The van der Waals surface area contributed by atoms with Gasteiger partial charge in [-0.15, -0.1) is 0 Å². The first-order valence-electron chi connectivity index (χ1n) is 11.1. The molecule has 0 saturated heterocycles. The van der Waals surface area contributed by atoms with Gasteiger partial charge >= 0.3 is 13.6 Å². The van der Waals surface area contributed by atoms with E-state index in [1.165, 1.54) is 0 Å². The van der Waals surface area contributed by atoms with Crippen molar-refractivity contribution < 1.29 is 32.4 Å². The zero-order valence-corrected chi connectivity index (χ0v) is 21.1. The molecule has 2 rings (SSSR count). The summed E-state index contributed by atoms with van der Waals surface area (Å²) in [5, 5.41) is 3.94. The van der Waals surface area contributed by atoms with Crippen LogP contribution in [0.2, 0.25) is 0 Å². The lowest BCUT2D eigenvalue weighted by molar-refractivity contribution is -0.154. The molecular weight excluding hydrogens is 449 g/mol. The molecule has 0 spiro atoms. The second kappa shape index (κ2) is 12.3. The Hall–Kier alpha value is -2.29. The summed E-state index contributed by atoms with van der Waals surface area (Å²) < 4.78 is 40.6. The van der Waals surface area contributed by atoms with Crippen molar-refractivity contribution in [2.24, 2.45) is 0 Å². The third-order valence-electron chi connectivity index (χ3n) is 4.25. The van der Waals surface area contributed by atoms with Crippen molar-refractivity contribution >= 4 is 13.6 Å². The fourth-order valence-electron chi connectivity index (χ4n) is 2.81. The molecule has 2 aromatic rings. The molecule has 0 fully saturated rings. The van der Waals surface area contributed by atoms with E-state index in [4.69, 9.17) is 23.0 Å². The average Bonchev–Trinajstić information content (AvgIpc) is 3.20. The molecule has 0 aliphatic rings. The Kier molecular flexibility index (Phi) is 10.0. The van der Waals surface area contributed by atoms with E-state index < -0.39 is 24.8 Å². The Bertz CT molecular complexity index is 915. The van der Waals surface area contributed by atoms with Crippen LogP contribution in [0.3, 0.4) is 0 Å². The highest BCUT2D eigenvalue weighted by atomic mass is 31.2. The zero-order chi connectivity index (χ0) is 24.5. The Morgan fingerprint density at radius 1 is 1.15 bits per heavy atom. The third kappa shape index (κ3) is 8.21. The molecular formula is C22H34N3O7P. The number of rotatable bonds is 13. The lowest BCUT2D eigenvalue weighted by atomic mass is 10.2. The molecule has 0 bridgehead atoms. The smallest absolute Gasteiger partial charge is 0.345 e. The van der Waals surface area contributed by atoms with Gasteiger partial charge in [0.05, 0.1) is 32.4 Å². The van der Waals surface area contributed by atoms with E-state index >= 15 is 0 Å². The van der Waals surface area contributed by atoms with Crippen molar-refractivity contribution in [2.75, 3.05) is 19.8 Å². The average molecular weight is 484 g/mol. The van der Waals surface area contributed by atoms with Gasteiger partial charge in [0, 0.05) is 0 Å². The number of hydrogen-bond acceptors (Lipinski definition) is 10. The quantitative estimate of drug-likeness (QED) is 0.222. The van der Waals surface area contributed by atoms with Gasteiger partial charge in [-0.25, -0.2) is 4.98 Å². The van der Waals surface area contributed by atoms with Crippen LogP contribution in [0.4, 0.5) is 0 Å². The molecule has 0 aliphatic heterocycles. The van der Waals surface area contributed by atoms with Crippen LogP contribution in [0.1, 0.15) is 60.3 Å². The Labute approximate surface area is 194 Å². The van der Waals surface area contributed by atoms with Crippen LogP contribution >= 0.6 is 7.60 Å². The maximum absolute atomic E-state index is 13.4. The van der Waals surface area contributed by atoms with Gasteiger partial charge < -0.3 is 23.0 Å². The van der Waals surface area contributed by atoms with Crippen molar-refractivity contribution in [3.05, 3.63) is 24.2 Å². The number of carbonyl (C=O) groups is 1. The predicted molar refractivity (Wildman–Crippen MR) is 122 cm³/mol. The molecule has 0 radical (unpaired) electrons. The van der Waals surface area contributed by atoms with Crippen LogP contribution in [0.5, 0.6) is 5.75 Å². The second-order valence-corrected chi connectivity index (χ2v) is 10.4. The number of hydrogen-bond donors (Lipinski definition) is 0. The molecule has 0 amide bonds. The molecule has 0 saturated carbocycles. The summed E-state index contributed by atoms with van der Waals surface area (Å²) in [5.74, 6) is 0.246. The molecule has 2 aromatic heterocycles. The highest BCUT2D eigenvalue weighted by Crippen LogP contribution is 2.54. The Morgan fingerprint density at radius 2 is 1.85 bits per heavy atom. The standard InChI is InChI=1S/C22H34N3O7P/c1-7-10-13-28-16-11-12-17(23-15-16)20-24-19(32-25-20)14-18(21(26)31-22(4,5)6)33(27,29-8-2)30-9-3/h11-12,15,18H,7-10,13-14H2,1-6H3. The van der Waals surface area contributed by atoms with Crippen LogP contribution in [-0.4, -0.2) is 52.2 Å². The highest BCUT2D eigenvalue weighted by Gasteiger charge is 2.44. The summed E-state index contributed by atoms with van der Waals surface area (Å²) in [6.07, 6.45) is 3.42. The molecule has 10 nitrogen and oxygen atoms in total. The van der Waals surface area contributed by atoms with E-state index in [0.717, 1.165) is 12.8 Å². The van der Waals surface area contributed by atoms with Crippen molar-refractivity contribution in [3.63, 3.8) is 0 Å². The van der Waals surface area contributed by atoms with Gasteiger partial charge in [0.2, 0.25) is 11.7 Å². The van der Waals surface area contributed by atoms with Crippen LogP contribution in [0, 0.1) is 0 Å². The van der Waals surface area contributed by atoms with Gasteiger partial charge in [-0.1, -0.05) is 18.5 Å². The Morgan fingerprint density at radius 3 is 2.39 bits per heavy atom. The SMILES string of the molecule is CCCCOc1ccc(-c2noc(CC(C(=O)OC(C)(C)C)P(=O)(OCC)OCC)n2)nc1. The maximum atomic E-state index is 13.4. The number of carbonyl (C=O) groups excluding carboxylic acids is 1. The van der Waals surface area contributed by atoms with E-state index in [1.807, 2.05) is 0 Å². The minimum absolute atomic E-state index is 0.0885. The lowest BCUT2D eigenvalue weighted by Gasteiger charge is -2.27. The normalized spacial score (nSPS) is 13.0. The summed E-state index contributed by atoms with van der Waals surface area (Å²) in [6.45, 7) is 11.4. The van der Waals surface area contributed by atoms with E-state index in [9.17, 15) is 9.36 Å². The number of pyridine rings is 1.